The minimum Gasteiger partial charge on any atom is -0.369 e. The molecule has 2 aliphatic rings. The van der Waals surface area contributed by atoms with Gasteiger partial charge in [0.2, 0.25) is 0 Å². The van der Waals surface area contributed by atoms with Crippen LogP contribution in [0.2, 0.25) is 0 Å². The van der Waals surface area contributed by atoms with Crippen molar-refractivity contribution in [2.24, 2.45) is 5.92 Å². The molecule has 0 amide bonds. The van der Waals surface area contributed by atoms with Crippen molar-refractivity contribution in [2.75, 3.05) is 37.6 Å². The average molecular weight is 273 g/mol. The van der Waals surface area contributed by atoms with E-state index in [-0.39, 0.29) is 0 Å². The van der Waals surface area contributed by atoms with Crippen LogP contribution in [0.15, 0.2) is 18.2 Å². The van der Waals surface area contributed by atoms with Gasteiger partial charge in [-0.3, -0.25) is 4.90 Å². The molecule has 110 valence electrons. The molecule has 1 fully saturated rings. The SMILES string of the molecule is CC(C)CCN1Cc2cccc(N3CCNCC3)c2C1. The lowest BCUT2D eigenvalue weighted by molar-refractivity contribution is 0.266. The van der Waals surface area contributed by atoms with Gasteiger partial charge in [-0.05, 0) is 36.1 Å². The van der Waals surface area contributed by atoms with Crippen LogP contribution in [-0.2, 0) is 13.1 Å². The number of fused-ring (bicyclic) bond motifs is 1. The predicted molar refractivity (Wildman–Crippen MR) is 85.1 cm³/mol. The Morgan fingerprint density at radius 2 is 1.95 bits per heavy atom. The van der Waals surface area contributed by atoms with E-state index in [4.69, 9.17) is 0 Å². The van der Waals surface area contributed by atoms with Gasteiger partial charge < -0.3 is 10.2 Å². The second-order valence-electron chi connectivity index (χ2n) is 6.55. The first-order valence-corrected chi connectivity index (χ1v) is 8.03. The van der Waals surface area contributed by atoms with E-state index >= 15 is 0 Å². The lowest BCUT2D eigenvalue weighted by atomic mass is 10.1. The Morgan fingerprint density at radius 1 is 1.15 bits per heavy atom. The zero-order valence-corrected chi connectivity index (χ0v) is 12.9. The van der Waals surface area contributed by atoms with E-state index in [1.165, 1.54) is 18.7 Å². The van der Waals surface area contributed by atoms with Crippen molar-refractivity contribution in [1.82, 2.24) is 10.2 Å². The van der Waals surface area contributed by atoms with Crippen LogP contribution in [0, 0.1) is 5.92 Å². The van der Waals surface area contributed by atoms with E-state index in [1.54, 1.807) is 11.1 Å². The van der Waals surface area contributed by atoms with E-state index in [1.807, 2.05) is 0 Å². The van der Waals surface area contributed by atoms with Crippen LogP contribution in [0.3, 0.4) is 0 Å². The second kappa shape index (κ2) is 6.15. The Morgan fingerprint density at radius 3 is 2.70 bits per heavy atom. The Bertz CT molecular complexity index is 450. The van der Waals surface area contributed by atoms with Crippen molar-refractivity contribution >= 4 is 5.69 Å². The van der Waals surface area contributed by atoms with Crippen molar-refractivity contribution in [3.8, 4) is 0 Å². The van der Waals surface area contributed by atoms with Gasteiger partial charge in [0.05, 0.1) is 0 Å². The van der Waals surface area contributed by atoms with Gasteiger partial charge >= 0.3 is 0 Å². The highest BCUT2D eigenvalue weighted by Gasteiger charge is 2.24. The number of rotatable bonds is 4. The molecule has 20 heavy (non-hydrogen) atoms. The topological polar surface area (TPSA) is 18.5 Å². The van der Waals surface area contributed by atoms with E-state index in [0.29, 0.717) is 0 Å². The van der Waals surface area contributed by atoms with Crippen molar-refractivity contribution in [3.05, 3.63) is 29.3 Å². The quantitative estimate of drug-likeness (QED) is 0.909. The summed E-state index contributed by atoms with van der Waals surface area (Å²) in [4.78, 5) is 5.16. The average Bonchev–Trinajstić information content (AvgIpc) is 2.89. The number of benzene rings is 1. The Hall–Kier alpha value is -1.06. The van der Waals surface area contributed by atoms with Crippen molar-refractivity contribution < 1.29 is 0 Å². The normalized spacial score (nSPS) is 19.6. The third-order valence-electron chi connectivity index (χ3n) is 4.50. The number of piperazine rings is 1. The molecule has 0 unspecified atom stereocenters. The van der Waals surface area contributed by atoms with E-state index in [9.17, 15) is 0 Å². The molecule has 0 saturated carbocycles. The highest BCUT2D eigenvalue weighted by molar-refractivity contribution is 5.58. The van der Waals surface area contributed by atoms with Gasteiger partial charge in [-0.15, -0.1) is 0 Å². The van der Waals surface area contributed by atoms with Crippen LogP contribution in [-0.4, -0.2) is 37.6 Å². The first-order chi connectivity index (χ1) is 9.74. The molecule has 1 aromatic carbocycles. The molecule has 1 N–H and O–H groups in total. The van der Waals surface area contributed by atoms with Gasteiger partial charge in [0.25, 0.3) is 0 Å². The van der Waals surface area contributed by atoms with Crippen molar-refractivity contribution in [3.63, 3.8) is 0 Å². The molecule has 3 heteroatoms. The third kappa shape index (κ3) is 2.99. The summed E-state index contributed by atoms with van der Waals surface area (Å²) in [6, 6.07) is 6.87. The predicted octanol–water partition coefficient (Wildman–Crippen LogP) is 2.46. The molecule has 3 nitrogen and oxygen atoms in total. The first-order valence-electron chi connectivity index (χ1n) is 8.03. The fraction of sp³-hybridized carbons (Fsp3) is 0.647. The highest BCUT2D eigenvalue weighted by Crippen LogP contribution is 2.32. The molecule has 1 saturated heterocycles. The molecule has 0 aliphatic carbocycles. The maximum Gasteiger partial charge on any atom is 0.0416 e. The summed E-state index contributed by atoms with van der Waals surface area (Å²) in [7, 11) is 0. The molecule has 2 aliphatic heterocycles. The fourth-order valence-corrected chi connectivity index (χ4v) is 3.27. The van der Waals surface area contributed by atoms with Gasteiger partial charge in [0.15, 0.2) is 0 Å². The molecule has 1 aromatic rings. The molecular weight excluding hydrogens is 246 g/mol. The van der Waals surface area contributed by atoms with Gasteiger partial charge in [0, 0.05) is 45.0 Å². The fourth-order valence-electron chi connectivity index (χ4n) is 3.27. The zero-order chi connectivity index (χ0) is 13.9. The smallest absolute Gasteiger partial charge is 0.0416 e. The molecule has 0 spiro atoms. The molecule has 0 aromatic heterocycles. The van der Waals surface area contributed by atoms with Crippen LogP contribution >= 0.6 is 0 Å². The number of hydrogen-bond acceptors (Lipinski definition) is 3. The van der Waals surface area contributed by atoms with Gasteiger partial charge in [-0.1, -0.05) is 26.0 Å². The second-order valence-corrected chi connectivity index (χ2v) is 6.55. The maximum atomic E-state index is 3.44. The summed E-state index contributed by atoms with van der Waals surface area (Å²) < 4.78 is 0. The van der Waals surface area contributed by atoms with Crippen LogP contribution in [0.25, 0.3) is 0 Å². The molecule has 0 atom stereocenters. The minimum atomic E-state index is 0.798. The van der Waals surface area contributed by atoms with E-state index < -0.39 is 0 Å². The molecule has 0 radical (unpaired) electrons. The summed E-state index contributed by atoms with van der Waals surface area (Å²) in [5.41, 5.74) is 4.61. The number of nitrogens with zero attached hydrogens (tertiary/aromatic N) is 2. The Kier molecular flexibility index (Phi) is 4.27. The number of anilines is 1. The van der Waals surface area contributed by atoms with Crippen molar-refractivity contribution in [2.45, 2.75) is 33.4 Å². The maximum absolute atomic E-state index is 3.44. The van der Waals surface area contributed by atoms with Gasteiger partial charge in [0.1, 0.15) is 0 Å². The summed E-state index contributed by atoms with van der Waals surface area (Å²) in [5, 5.41) is 3.44. The minimum absolute atomic E-state index is 0.798. The van der Waals surface area contributed by atoms with Crippen molar-refractivity contribution in [1.29, 1.82) is 0 Å². The summed E-state index contributed by atoms with van der Waals surface area (Å²) in [6.45, 7) is 12.6. The summed E-state index contributed by atoms with van der Waals surface area (Å²) in [5.74, 6) is 0.798. The third-order valence-corrected chi connectivity index (χ3v) is 4.50. The molecule has 0 bridgehead atoms. The highest BCUT2D eigenvalue weighted by atomic mass is 15.2. The van der Waals surface area contributed by atoms with Gasteiger partial charge in [-0.2, -0.15) is 0 Å². The number of hydrogen-bond donors (Lipinski definition) is 1. The standard InChI is InChI=1S/C17H27N3/c1-14(2)6-9-19-12-15-4-3-5-17(16(15)13-19)20-10-7-18-8-11-20/h3-5,14,18H,6-13H2,1-2H3. The largest absolute Gasteiger partial charge is 0.369 e. The summed E-state index contributed by atoms with van der Waals surface area (Å²) >= 11 is 0. The van der Waals surface area contributed by atoms with E-state index in [2.05, 4.69) is 47.2 Å². The summed E-state index contributed by atoms with van der Waals surface area (Å²) in [6.07, 6.45) is 1.30. The zero-order valence-electron chi connectivity index (χ0n) is 12.9. The van der Waals surface area contributed by atoms with Crippen LogP contribution in [0.4, 0.5) is 5.69 Å². The van der Waals surface area contributed by atoms with Crippen LogP contribution < -0.4 is 10.2 Å². The van der Waals surface area contributed by atoms with Crippen LogP contribution in [0.5, 0.6) is 0 Å². The molecule has 3 rings (SSSR count). The first kappa shape index (κ1) is 13.9. The molecular formula is C17H27N3. The number of nitrogens with one attached hydrogen (secondary N) is 1. The lowest BCUT2D eigenvalue weighted by Crippen LogP contribution is -2.43. The van der Waals surface area contributed by atoms with Crippen LogP contribution in [0.1, 0.15) is 31.4 Å². The molecule has 2 heterocycles. The monoisotopic (exact) mass is 273 g/mol. The van der Waals surface area contributed by atoms with E-state index in [0.717, 1.165) is 45.2 Å². The Balaban J connectivity index is 1.72. The lowest BCUT2D eigenvalue weighted by Gasteiger charge is -2.31. The Labute approximate surface area is 123 Å². The van der Waals surface area contributed by atoms with Gasteiger partial charge in [-0.25, -0.2) is 0 Å².